The van der Waals surface area contributed by atoms with Gasteiger partial charge in [0.15, 0.2) is 0 Å². The molecule has 1 aromatic carbocycles. The molecule has 0 aliphatic carbocycles. The fraction of sp³-hybridized carbons (Fsp3) is 0.154. The van der Waals surface area contributed by atoms with Gasteiger partial charge in [-0.3, -0.25) is 4.72 Å². The van der Waals surface area contributed by atoms with Crippen molar-refractivity contribution in [2.45, 2.75) is 18.2 Å². The average molecular weight is 315 g/mol. The van der Waals surface area contributed by atoms with Gasteiger partial charge >= 0.3 is 0 Å². The summed E-state index contributed by atoms with van der Waals surface area (Å²) in [5, 5.41) is -0.177. The van der Waals surface area contributed by atoms with Crippen molar-refractivity contribution < 1.29 is 12.8 Å². The number of nitrogens with one attached hydrogen (secondary N) is 1. The van der Waals surface area contributed by atoms with Gasteiger partial charge in [0.1, 0.15) is 16.5 Å². The Morgan fingerprint density at radius 2 is 2.05 bits per heavy atom. The number of aryl methyl sites for hydroxylation is 1. The van der Waals surface area contributed by atoms with Gasteiger partial charge in [-0.05, 0) is 42.3 Å². The van der Waals surface area contributed by atoms with Crippen LogP contribution < -0.4 is 4.72 Å². The van der Waals surface area contributed by atoms with Crippen molar-refractivity contribution in [3.63, 3.8) is 0 Å². The number of rotatable bonds is 4. The zero-order chi connectivity index (χ0) is 14.8. The number of nitrogens with zero attached hydrogens (tertiary/aromatic N) is 1. The number of halogens is 2. The second-order valence-corrected chi connectivity index (χ2v) is 6.14. The third kappa shape index (κ3) is 3.26. The van der Waals surface area contributed by atoms with Crippen molar-refractivity contribution in [3.05, 3.63) is 52.9 Å². The lowest BCUT2D eigenvalue weighted by molar-refractivity contribution is 0.599. The lowest BCUT2D eigenvalue weighted by atomic mass is 10.2. The molecule has 2 aromatic rings. The van der Waals surface area contributed by atoms with Crippen LogP contribution in [0.1, 0.15) is 12.5 Å². The highest BCUT2D eigenvalue weighted by molar-refractivity contribution is 7.92. The summed E-state index contributed by atoms with van der Waals surface area (Å²) < 4.78 is 39.6. The van der Waals surface area contributed by atoms with Gasteiger partial charge in [0.25, 0.3) is 10.0 Å². The van der Waals surface area contributed by atoms with Crippen LogP contribution in [0.15, 0.2) is 41.4 Å². The molecular weight excluding hydrogens is 303 g/mol. The van der Waals surface area contributed by atoms with E-state index in [0.717, 1.165) is 30.2 Å². The molecule has 7 heteroatoms. The molecular formula is C13H12ClFN2O2S. The minimum Gasteiger partial charge on any atom is -0.263 e. The molecule has 0 atom stereocenters. The Hall–Kier alpha value is -1.66. The minimum atomic E-state index is -3.90. The zero-order valence-corrected chi connectivity index (χ0v) is 12.2. The molecule has 0 bridgehead atoms. The fourth-order valence-corrected chi connectivity index (χ4v) is 3.17. The van der Waals surface area contributed by atoms with E-state index in [4.69, 9.17) is 11.6 Å². The van der Waals surface area contributed by atoms with Crippen LogP contribution in [-0.2, 0) is 16.4 Å². The van der Waals surface area contributed by atoms with Crippen LogP contribution in [0, 0.1) is 5.82 Å². The zero-order valence-electron chi connectivity index (χ0n) is 10.6. The molecule has 20 heavy (non-hydrogen) atoms. The summed E-state index contributed by atoms with van der Waals surface area (Å²) in [7, 11) is -3.90. The Bertz CT molecular complexity index is 735. The number of benzene rings is 1. The van der Waals surface area contributed by atoms with Gasteiger partial charge in [-0.1, -0.05) is 18.5 Å². The van der Waals surface area contributed by atoms with Crippen molar-refractivity contribution in [1.29, 1.82) is 0 Å². The Kier molecular flexibility index (Phi) is 4.25. The van der Waals surface area contributed by atoms with Crippen LogP contribution in [0.2, 0.25) is 5.02 Å². The predicted molar refractivity (Wildman–Crippen MR) is 75.8 cm³/mol. The van der Waals surface area contributed by atoms with Crippen molar-refractivity contribution in [2.75, 3.05) is 4.72 Å². The van der Waals surface area contributed by atoms with Gasteiger partial charge in [0, 0.05) is 6.20 Å². The molecule has 0 radical (unpaired) electrons. The summed E-state index contributed by atoms with van der Waals surface area (Å²) in [5.41, 5.74) is 0.947. The highest BCUT2D eigenvalue weighted by Gasteiger charge is 2.19. The molecule has 2 rings (SSSR count). The number of sulfonamides is 1. The lowest BCUT2D eigenvalue weighted by Crippen LogP contribution is -2.14. The van der Waals surface area contributed by atoms with E-state index in [1.54, 1.807) is 12.1 Å². The SMILES string of the molecule is CCc1ccnc(NS(=O)(=O)c2ccc(F)cc2Cl)c1. The first kappa shape index (κ1) is 14.7. The third-order valence-electron chi connectivity index (χ3n) is 2.65. The van der Waals surface area contributed by atoms with E-state index in [1.807, 2.05) is 6.92 Å². The van der Waals surface area contributed by atoms with Crippen LogP contribution in [0.5, 0.6) is 0 Å². The van der Waals surface area contributed by atoms with Crippen molar-refractivity contribution in [2.24, 2.45) is 0 Å². The second-order valence-electron chi connectivity index (χ2n) is 4.08. The monoisotopic (exact) mass is 314 g/mol. The molecule has 0 saturated heterocycles. The van der Waals surface area contributed by atoms with Crippen LogP contribution in [0.4, 0.5) is 10.2 Å². The van der Waals surface area contributed by atoms with E-state index >= 15 is 0 Å². The van der Waals surface area contributed by atoms with E-state index in [0.29, 0.717) is 0 Å². The summed E-state index contributed by atoms with van der Waals surface area (Å²) in [5.74, 6) is -0.398. The van der Waals surface area contributed by atoms with Gasteiger partial charge in [-0.25, -0.2) is 17.8 Å². The standard InChI is InChI=1S/C13H12ClFN2O2S/c1-2-9-5-6-16-13(7-9)17-20(18,19)12-4-3-10(15)8-11(12)14/h3-8H,2H2,1H3,(H,16,17). The van der Waals surface area contributed by atoms with Gasteiger partial charge in [-0.15, -0.1) is 0 Å². The largest absolute Gasteiger partial charge is 0.264 e. The average Bonchev–Trinajstić information content (AvgIpc) is 2.37. The molecule has 0 unspecified atom stereocenters. The normalized spacial score (nSPS) is 11.3. The van der Waals surface area contributed by atoms with Crippen LogP contribution in [0.25, 0.3) is 0 Å². The molecule has 0 spiro atoms. The number of hydrogen-bond donors (Lipinski definition) is 1. The Labute approximate surface area is 121 Å². The van der Waals surface area contributed by atoms with E-state index < -0.39 is 15.8 Å². The van der Waals surface area contributed by atoms with Crippen LogP contribution in [0.3, 0.4) is 0 Å². The summed E-state index contributed by atoms with van der Waals surface area (Å²) in [4.78, 5) is 3.75. The summed E-state index contributed by atoms with van der Waals surface area (Å²) in [6.07, 6.45) is 2.28. The maximum absolute atomic E-state index is 12.9. The molecule has 0 saturated carbocycles. The van der Waals surface area contributed by atoms with Crippen molar-refractivity contribution in [3.8, 4) is 0 Å². The number of anilines is 1. The van der Waals surface area contributed by atoms with E-state index in [9.17, 15) is 12.8 Å². The smallest absolute Gasteiger partial charge is 0.263 e. The molecule has 4 nitrogen and oxygen atoms in total. The van der Waals surface area contributed by atoms with Gasteiger partial charge < -0.3 is 0 Å². The molecule has 1 heterocycles. The highest BCUT2D eigenvalue weighted by atomic mass is 35.5. The molecule has 106 valence electrons. The lowest BCUT2D eigenvalue weighted by Gasteiger charge is -2.09. The predicted octanol–water partition coefficient (Wildman–Crippen LogP) is 3.24. The summed E-state index contributed by atoms with van der Waals surface area (Å²) in [6.45, 7) is 1.95. The maximum Gasteiger partial charge on any atom is 0.264 e. The molecule has 0 aliphatic rings. The van der Waals surface area contributed by atoms with Gasteiger partial charge in [0.2, 0.25) is 0 Å². The van der Waals surface area contributed by atoms with E-state index in [1.165, 1.54) is 6.20 Å². The fourth-order valence-electron chi connectivity index (χ4n) is 1.64. The summed E-state index contributed by atoms with van der Waals surface area (Å²) >= 11 is 5.76. The minimum absolute atomic E-state index is 0.177. The first-order valence-corrected chi connectivity index (χ1v) is 7.71. The number of hydrogen-bond acceptors (Lipinski definition) is 3. The Balaban J connectivity index is 2.35. The highest BCUT2D eigenvalue weighted by Crippen LogP contribution is 2.24. The molecule has 1 aromatic heterocycles. The number of aromatic nitrogens is 1. The molecule has 0 amide bonds. The first-order valence-electron chi connectivity index (χ1n) is 5.85. The first-order chi connectivity index (χ1) is 9.42. The van der Waals surface area contributed by atoms with Crippen LogP contribution >= 0.6 is 11.6 Å². The Morgan fingerprint density at radius 3 is 2.70 bits per heavy atom. The molecule has 0 fully saturated rings. The third-order valence-corrected chi connectivity index (χ3v) is 4.49. The molecule has 1 N–H and O–H groups in total. The number of pyridine rings is 1. The quantitative estimate of drug-likeness (QED) is 0.942. The van der Waals surface area contributed by atoms with Crippen molar-refractivity contribution >= 4 is 27.4 Å². The van der Waals surface area contributed by atoms with Crippen molar-refractivity contribution in [1.82, 2.24) is 4.98 Å². The van der Waals surface area contributed by atoms with E-state index in [2.05, 4.69) is 9.71 Å². The van der Waals surface area contributed by atoms with Gasteiger partial charge in [0.05, 0.1) is 5.02 Å². The molecule has 0 aliphatic heterocycles. The van der Waals surface area contributed by atoms with E-state index in [-0.39, 0.29) is 15.7 Å². The second kappa shape index (κ2) is 5.76. The van der Waals surface area contributed by atoms with Crippen LogP contribution in [-0.4, -0.2) is 13.4 Å². The Morgan fingerprint density at radius 1 is 1.30 bits per heavy atom. The van der Waals surface area contributed by atoms with Gasteiger partial charge in [-0.2, -0.15) is 0 Å². The topological polar surface area (TPSA) is 59.1 Å². The summed E-state index contributed by atoms with van der Waals surface area (Å²) in [6, 6.07) is 6.53. The maximum atomic E-state index is 12.9.